The first-order chi connectivity index (χ1) is 12.1. The molecule has 6 nitrogen and oxygen atoms in total. The van der Waals surface area contributed by atoms with Crippen LogP contribution < -0.4 is 10.9 Å². The molecule has 0 aliphatic carbocycles. The lowest BCUT2D eigenvalue weighted by atomic mass is 10.1. The molecule has 1 aromatic carbocycles. The second-order valence-electron chi connectivity index (χ2n) is 6.95. The molecule has 2 aromatic rings. The van der Waals surface area contributed by atoms with Crippen LogP contribution in [0.3, 0.4) is 0 Å². The van der Waals surface area contributed by atoms with E-state index >= 15 is 0 Å². The Bertz CT molecular complexity index is 780. The van der Waals surface area contributed by atoms with Crippen molar-refractivity contribution in [3.8, 4) is 0 Å². The molecule has 25 heavy (non-hydrogen) atoms. The van der Waals surface area contributed by atoms with Crippen LogP contribution in [0.15, 0.2) is 29.1 Å². The van der Waals surface area contributed by atoms with Crippen molar-refractivity contribution in [2.75, 3.05) is 26.2 Å². The number of likely N-dealkylation sites (tertiary alicyclic amines) is 1. The summed E-state index contributed by atoms with van der Waals surface area (Å²) in [5, 5.41) is 3.57. The number of carbonyl (C=O) groups is 1. The average Bonchev–Trinajstić information content (AvgIpc) is 3.11. The number of nitrogens with one attached hydrogen (secondary N) is 2. The Labute approximate surface area is 147 Å². The maximum absolute atomic E-state index is 12.1. The van der Waals surface area contributed by atoms with Gasteiger partial charge in [0.05, 0.1) is 10.9 Å². The number of aromatic nitrogens is 2. The van der Waals surface area contributed by atoms with Crippen molar-refractivity contribution < 1.29 is 4.79 Å². The standard InChI is InChI=1S/C19H26N4O2/c1-14(13-23-10-4-5-11-23)12-20-18(24)9-8-17-21-16-7-3-2-6-15(16)19(25)22-17/h2-3,6-7,14H,4-5,8-13H2,1H3,(H,20,24)(H,21,22,25)/t14-/m1/s1. The first kappa shape index (κ1) is 17.6. The second kappa shape index (κ2) is 8.25. The Morgan fingerprint density at radius 3 is 2.88 bits per heavy atom. The number of rotatable bonds is 7. The summed E-state index contributed by atoms with van der Waals surface area (Å²) >= 11 is 0. The number of hydrogen-bond donors (Lipinski definition) is 2. The van der Waals surface area contributed by atoms with E-state index in [1.54, 1.807) is 6.07 Å². The van der Waals surface area contributed by atoms with Crippen LogP contribution in [0.25, 0.3) is 10.9 Å². The lowest BCUT2D eigenvalue weighted by molar-refractivity contribution is -0.121. The van der Waals surface area contributed by atoms with Crippen molar-refractivity contribution in [1.29, 1.82) is 0 Å². The zero-order chi connectivity index (χ0) is 17.6. The maximum Gasteiger partial charge on any atom is 0.258 e. The third-order valence-corrected chi connectivity index (χ3v) is 4.67. The molecule has 1 atom stereocenters. The molecule has 0 radical (unpaired) electrons. The molecule has 1 amide bonds. The van der Waals surface area contributed by atoms with Crippen LogP contribution in [0.2, 0.25) is 0 Å². The van der Waals surface area contributed by atoms with Crippen molar-refractivity contribution in [2.45, 2.75) is 32.6 Å². The van der Waals surface area contributed by atoms with E-state index in [9.17, 15) is 9.59 Å². The Morgan fingerprint density at radius 2 is 2.08 bits per heavy atom. The zero-order valence-electron chi connectivity index (χ0n) is 14.8. The average molecular weight is 342 g/mol. The number of nitrogens with zero attached hydrogens (tertiary/aromatic N) is 2. The fourth-order valence-corrected chi connectivity index (χ4v) is 3.33. The van der Waals surface area contributed by atoms with Crippen LogP contribution in [0.1, 0.15) is 32.0 Å². The molecule has 1 aromatic heterocycles. The fourth-order valence-electron chi connectivity index (χ4n) is 3.33. The summed E-state index contributed by atoms with van der Waals surface area (Å²) in [7, 11) is 0. The van der Waals surface area contributed by atoms with Gasteiger partial charge in [-0.2, -0.15) is 0 Å². The molecule has 134 valence electrons. The maximum atomic E-state index is 12.1. The third kappa shape index (κ3) is 4.89. The van der Waals surface area contributed by atoms with Crippen LogP contribution in [0.4, 0.5) is 0 Å². The summed E-state index contributed by atoms with van der Waals surface area (Å²) in [5.41, 5.74) is 0.515. The van der Waals surface area contributed by atoms with Gasteiger partial charge in [0.2, 0.25) is 5.91 Å². The Hall–Kier alpha value is -2.21. The normalized spacial score (nSPS) is 16.2. The van der Waals surface area contributed by atoms with Gasteiger partial charge in [-0.05, 0) is 44.0 Å². The molecule has 6 heteroatoms. The van der Waals surface area contributed by atoms with Crippen LogP contribution in [-0.2, 0) is 11.2 Å². The van der Waals surface area contributed by atoms with Gasteiger partial charge in [-0.1, -0.05) is 19.1 Å². The highest BCUT2D eigenvalue weighted by molar-refractivity contribution is 5.78. The summed E-state index contributed by atoms with van der Waals surface area (Å²) in [4.78, 5) is 33.7. The number of amides is 1. The van der Waals surface area contributed by atoms with Gasteiger partial charge < -0.3 is 15.2 Å². The second-order valence-corrected chi connectivity index (χ2v) is 6.95. The molecular formula is C19H26N4O2. The predicted molar refractivity (Wildman–Crippen MR) is 98.5 cm³/mol. The minimum absolute atomic E-state index is 0.00378. The van der Waals surface area contributed by atoms with E-state index in [2.05, 4.69) is 27.1 Å². The van der Waals surface area contributed by atoms with Gasteiger partial charge in [-0.25, -0.2) is 4.98 Å². The molecule has 0 saturated carbocycles. The minimum Gasteiger partial charge on any atom is -0.356 e. The molecule has 3 rings (SSSR count). The molecular weight excluding hydrogens is 316 g/mol. The Kier molecular flexibility index (Phi) is 5.81. The van der Waals surface area contributed by atoms with E-state index in [4.69, 9.17) is 0 Å². The first-order valence-corrected chi connectivity index (χ1v) is 9.09. The molecule has 2 N–H and O–H groups in total. The van der Waals surface area contributed by atoms with Crippen molar-refractivity contribution in [2.24, 2.45) is 5.92 Å². The van der Waals surface area contributed by atoms with Crippen LogP contribution in [0.5, 0.6) is 0 Å². The summed E-state index contributed by atoms with van der Waals surface area (Å²) in [5.74, 6) is 1.01. The molecule has 0 bridgehead atoms. The Morgan fingerprint density at radius 1 is 1.32 bits per heavy atom. The number of benzene rings is 1. The summed E-state index contributed by atoms with van der Waals surface area (Å²) in [6.45, 7) is 6.26. The number of hydrogen-bond acceptors (Lipinski definition) is 4. The van der Waals surface area contributed by atoms with E-state index in [1.807, 2.05) is 18.2 Å². The molecule has 1 aliphatic rings. The minimum atomic E-state index is -0.153. The number of para-hydroxylation sites is 1. The van der Waals surface area contributed by atoms with E-state index < -0.39 is 0 Å². The van der Waals surface area contributed by atoms with E-state index in [0.717, 1.165) is 6.54 Å². The molecule has 0 spiro atoms. The molecule has 1 fully saturated rings. The fraction of sp³-hybridized carbons (Fsp3) is 0.526. The number of H-pyrrole nitrogens is 1. The van der Waals surface area contributed by atoms with Crippen LogP contribution in [0, 0.1) is 5.92 Å². The highest BCUT2D eigenvalue weighted by Crippen LogP contribution is 2.10. The van der Waals surface area contributed by atoms with Gasteiger partial charge in [0.25, 0.3) is 5.56 Å². The lowest BCUT2D eigenvalue weighted by Gasteiger charge is -2.20. The molecule has 1 aliphatic heterocycles. The number of aromatic amines is 1. The summed E-state index contributed by atoms with van der Waals surface area (Å²) in [6, 6.07) is 7.23. The highest BCUT2D eigenvalue weighted by Gasteiger charge is 2.15. The number of carbonyl (C=O) groups excluding carboxylic acids is 1. The third-order valence-electron chi connectivity index (χ3n) is 4.67. The van der Waals surface area contributed by atoms with Crippen LogP contribution in [-0.4, -0.2) is 47.0 Å². The number of aryl methyl sites for hydroxylation is 1. The smallest absolute Gasteiger partial charge is 0.258 e. The van der Waals surface area contributed by atoms with Gasteiger partial charge in [0.1, 0.15) is 5.82 Å². The SMILES string of the molecule is C[C@H](CNC(=O)CCc1nc2ccccc2c(=O)[nH]1)CN1CCCC1. The van der Waals surface area contributed by atoms with Crippen molar-refractivity contribution >= 4 is 16.8 Å². The van der Waals surface area contributed by atoms with Crippen molar-refractivity contribution in [1.82, 2.24) is 20.2 Å². The summed E-state index contributed by atoms with van der Waals surface area (Å²) in [6.07, 6.45) is 3.34. The molecule has 2 heterocycles. The van der Waals surface area contributed by atoms with Gasteiger partial charge in [0, 0.05) is 25.9 Å². The van der Waals surface area contributed by atoms with Gasteiger partial charge in [-0.15, -0.1) is 0 Å². The summed E-state index contributed by atoms with van der Waals surface area (Å²) < 4.78 is 0. The number of fused-ring (bicyclic) bond motifs is 1. The van der Waals surface area contributed by atoms with E-state index in [1.165, 1.54) is 25.9 Å². The molecule has 0 unspecified atom stereocenters. The van der Waals surface area contributed by atoms with E-state index in [-0.39, 0.29) is 11.5 Å². The van der Waals surface area contributed by atoms with Gasteiger partial charge in [0.15, 0.2) is 0 Å². The van der Waals surface area contributed by atoms with Crippen molar-refractivity contribution in [3.05, 3.63) is 40.4 Å². The van der Waals surface area contributed by atoms with Crippen molar-refractivity contribution in [3.63, 3.8) is 0 Å². The van der Waals surface area contributed by atoms with E-state index in [0.29, 0.717) is 42.0 Å². The zero-order valence-corrected chi connectivity index (χ0v) is 14.8. The Balaban J connectivity index is 1.46. The topological polar surface area (TPSA) is 78.1 Å². The largest absolute Gasteiger partial charge is 0.356 e. The predicted octanol–water partition coefficient (Wildman–Crippen LogP) is 1.70. The highest BCUT2D eigenvalue weighted by atomic mass is 16.1. The van der Waals surface area contributed by atoms with Gasteiger partial charge >= 0.3 is 0 Å². The molecule has 1 saturated heterocycles. The monoisotopic (exact) mass is 342 g/mol. The van der Waals surface area contributed by atoms with Gasteiger partial charge in [-0.3, -0.25) is 9.59 Å². The lowest BCUT2D eigenvalue weighted by Crippen LogP contribution is -2.34. The first-order valence-electron chi connectivity index (χ1n) is 9.09. The van der Waals surface area contributed by atoms with Crippen LogP contribution >= 0.6 is 0 Å². The quantitative estimate of drug-likeness (QED) is 0.803.